The number of aryl methyl sites for hydroxylation is 1. The molecule has 0 amide bonds. The summed E-state index contributed by atoms with van der Waals surface area (Å²) >= 11 is 0. The van der Waals surface area contributed by atoms with Crippen LogP contribution in [-0.2, 0) is 9.84 Å². The molecule has 1 rings (SSSR count). The summed E-state index contributed by atoms with van der Waals surface area (Å²) in [6.45, 7) is 9.69. The van der Waals surface area contributed by atoms with Gasteiger partial charge in [-0.2, -0.15) is 0 Å². The SMILES string of the molecule is CCNC(=NCC(C)c1cccc(C)c1)NC(C)CCS(C)(=O)=O.I. The van der Waals surface area contributed by atoms with Gasteiger partial charge in [-0.15, -0.1) is 24.0 Å². The van der Waals surface area contributed by atoms with E-state index >= 15 is 0 Å². The minimum atomic E-state index is -2.93. The largest absolute Gasteiger partial charge is 0.357 e. The number of guanidine groups is 1. The van der Waals surface area contributed by atoms with Crippen LogP contribution in [0.15, 0.2) is 29.3 Å². The normalized spacial score (nSPS) is 14.4. The zero-order chi connectivity index (χ0) is 18.2. The minimum Gasteiger partial charge on any atom is -0.357 e. The highest BCUT2D eigenvalue weighted by Gasteiger charge is 2.10. The van der Waals surface area contributed by atoms with Gasteiger partial charge in [0.25, 0.3) is 0 Å². The number of benzene rings is 1. The van der Waals surface area contributed by atoms with Crippen LogP contribution in [0.4, 0.5) is 0 Å². The van der Waals surface area contributed by atoms with Crippen LogP contribution in [0.2, 0.25) is 0 Å². The first kappa shape index (κ1) is 24.2. The molecule has 0 fully saturated rings. The molecule has 0 heterocycles. The Morgan fingerprint density at radius 3 is 2.52 bits per heavy atom. The Morgan fingerprint density at radius 2 is 1.96 bits per heavy atom. The lowest BCUT2D eigenvalue weighted by molar-refractivity contribution is 0.581. The third kappa shape index (κ3) is 10.7. The number of hydrogen-bond acceptors (Lipinski definition) is 3. The highest BCUT2D eigenvalue weighted by molar-refractivity contribution is 14.0. The van der Waals surface area contributed by atoms with Crippen LogP contribution >= 0.6 is 24.0 Å². The Bertz CT molecular complexity index is 647. The van der Waals surface area contributed by atoms with Crippen molar-refractivity contribution in [2.24, 2.45) is 4.99 Å². The first-order valence-electron chi connectivity index (χ1n) is 8.50. The van der Waals surface area contributed by atoms with Crippen LogP contribution in [0.1, 0.15) is 44.2 Å². The number of nitrogens with one attached hydrogen (secondary N) is 2. The van der Waals surface area contributed by atoms with Crippen LogP contribution in [-0.4, -0.2) is 45.5 Å². The van der Waals surface area contributed by atoms with E-state index in [1.54, 1.807) is 0 Å². The number of aliphatic imine (C=N–C) groups is 1. The van der Waals surface area contributed by atoms with Crippen molar-refractivity contribution in [2.75, 3.05) is 25.1 Å². The molecule has 0 aliphatic rings. The topological polar surface area (TPSA) is 70.6 Å². The Morgan fingerprint density at radius 1 is 1.28 bits per heavy atom. The zero-order valence-electron chi connectivity index (χ0n) is 15.9. The molecule has 2 unspecified atom stereocenters. The van der Waals surface area contributed by atoms with E-state index in [1.165, 1.54) is 17.4 Å². The van der Waals surface area contributed by atoms with Crippen molar-refractivity contribution in [3.05, 3.63) is 35.4 Å². The van der Waals surface area contributed by atoms with Gasteiger partial charge in [0, 0.05) is 31.3 Å². The fourth-order valence-corrected chi connectivity index (χ4v) is 3.11. The zero-order valence-corrected chi connectivity index (χ0v) is 19.0. The molecule has 0 aliphatic heterocycles. The van der Waals surface area contributed by atoms with E-state index in [4.69, 9.17) is 0 Å². The molecule has 1 aromatic rings. The fourth-order valence-electron chi connectivity index (χ4n) is 2.33. The van der Waals surface area contributed by atoms with E-state index < -0.39 is 9.84 Å². The Kier molecular flexibility index (Phi) is 11.3. The third-order valence-corrected chi connectivity index (χ3v) is 4.76. The molecule has 0 radical (unpaired) electrons. The van der Waals surface area contributed by atoms with Crippen LogP contribution in [0.3, 0.4) is 0 Å². The molecule has 7 heteroatoms. The lowest BCUT2D eigenvalue weighted by Gasteiger charge is -2.18. The Hall–Kier alpha value is -0.830. The van der Waals surface area contributed by atoms with Crippen LogP contribution < -0.4 is 10.6 Å². The molecular formula is C18H32IN3O2S. The summed E-state index contributed by atoms with van der Waals surface area (Å²) in [7, 11) is -2.93. The predicted octanol–water partition coefficient (Wildman–Crippen LogP) is 3.09. The van der Waals surface area contributed by atoms with Gasteiger partial charge in [-0.3, -0.25) is 4.99 Å². The molecule has 0 bridgehead atoms. The highest BCUT2D eigenvalue weighted by atomic mass is 127. The molecule has 0 saturated carbocycles. The van der Waals surface area contributed by atoms with Crippen molar-refractivity contribution in [1.29, 1.82) is 0 Å². The average molecular weight is 481 g/mol. The number of rotatable bonds is 8. The van der Waals surface area contributed by atoms with E-state index in [-0.39, 0.29) is 35.8 Å². The smallest absolute Gasteiger partial charge is 0.191 e. The molecule has 2 N–H and O–H groups in total. The summed E-state index contributed by atoms with van der Waals surface area (Å²) in [5.41, 5.74) is 2.53. The summed E-state index contributed by atoms with van der Waals surface area (Å²) in [5.74, 6) is 1.24. The van der Waals surface area contributed by atoms with E-state index in [9.17, 15) is 8.42 Å². The first-order chi connectivity index (χ1) is 11.2. The maximum absolute atomic E-state index is 11.3. The second kappa shape index (κ2) is 11.7. The van der Waals surface area contributed by atoms with Crippen LogP contribution in [0, 0.1) is 6.92 Å². The van der Waals surface area contributed by atoms with Crippen molar-refractivity contribution in [3.8, 4) is 0 Å². The minimum absolute atomic E-state index is 0. The quantitative estimate of drug-likeness (QED) is 0.340. The van der Waals surface area contributed by atoms with E-state index in [0.29, 0.717) is 18.9 Å². The summed E-state index contributed by atoms with van der Waals surface area (Å²) in [5, 5.41) is 6.50. The van der Waals surface area contributed by atoms with E-state index in [2.05, 4.69) is 53.7 Å². The monoisotopic (exact) mass is 481 g/mol. The van der Waals surface area contributed by atoms with Gasteiger partial charge >= 0.3 is 0 Å². The first-order valence-corrected chi connectivity index (χ1v) is 10.6. The maximum atomic E-state index is 11.3. The summed E-state index contributed by atoms with van der Waals surface area (Å²) in [6.07, 6.45) is 1.83. The molecule has 0 saturated heterocycles. The molecule has 2 atom stereocenters. The number of nitrogens with zero attached hydrogens (tertiary/aromatic N) is 1. The van der Waals surface area contributed by atoms with Crippen molar-refractivity contribution >= 4 is 39.8 Å². The summed E-state index contributed by atoms with van der Waals surface area (Å²) in [6, 6.07) is 8.53. The van der Waals surface area contributed by atoms with Gasteiger partial charge in [-0.1, -0.05) is 36.8 Å². The second-order valence-electron chi connectivity index (χ2n) is 6.50. The number of halogens is 1. The molecule has 0 aromatic heterocycles. The van der Waals surface area contributed by atoms with Crippen molar-refractivity contribution < 1.29 is 8.42 Å². The van der Waals surface area contributed by atoms with Crippen LogP contribution in [0.25, 0.3) is 0 Å². The summed E-state index contributed by atoms with van der Waals surface area (Å²) in [4.78, 5) is 4.65. The van der Waals surface area contributed by atoms with Gasteiger partial charge in [0.05, 0.1) is 5.75 Å². The molecule has 0 aliphatic carbocycles. The molecule has 5 nitrogen and oxygen atoms in total. The Labute approximate surface area is 170 Å². The van der Waals surface area contributed by atoms with Gasteiger partial charge < -0.3 is 10.6 Å². The predicted molar refractivity (Wildman–Crippen MR) is 118 cm³/mol. The number of sulfone groups is 1. The van der Waals surface area contributed by atoms with Gasteiger partial charge in [0.2, 0.25) is 0 Å². The van der Waals surface area contributed by atoms with Crippen LogP contribution in [0.5, 0.6) is 0 Å². The van der Waals surface area contributed by atoms with Gasteiger partial charge in [0.1, 0.15) is 9.84 Å². The fraction of sp³-hybridized carbons (Fsp3) is 0.611. The molecular weight excluding hydrogens is 449 g/mol. The molecule has 144 valence electrons. The number of hydrogen-bond donors (Lipinski definition) is 2. The van der Waals surface area contributed by atoms with Gasteiger partial charge in [-0.05, 0) is 32.8 Å². The molecule has 25 heavy (non-hydrogen) atoms. The van der Waals surface area contributed by atoms with E-state index in [1.807, 2.05) is 13.8 Å². The summed E-state index contributed by atoms with van der Waals surface area (Å²) < 4.78 is 22.5. The lowest BCUT2D eigenvalue weighted by Crippen LogP contribution is -2.43. The second-order valence-corrected chi connectivity index (χ2v) is 8.76. The molecule has 0 spiro atoms. The maximum Gasteiger partial charge on any atom is 0.191 e. The van der Waals surface area contributed by atoms with Crippen molar-refractivity contribution in [2.45, 2.75) is 46.1 Å². The van der Waals surface area contributed by atoms with Crippen molar-refractivity contribution in [1.82, 2.24) is 10.6 Å². The van der Waals surface area contributed by atoms with E-state index in [0.717, 1.165) is 12.5 Å². The van der Waals surface area contributed by atoms with Crippen molar-refractivity contribution in [3.63, 3.8) is 0 Å². The lowest BCUT2D eigenvalue weighted by atomic mass is 10.00. The highest BCUT2D eigenvalue weighted by Crippen LogP contribution is 2.16. The van der Waals surface area contributed by atoms with Gasteiger partial charge in [-0.25, -0.2) is 8.42 Å². The average Bonchev–Trinajstić information content (AvgIpc) is 2.50. The Balaban J connectivity index is 0.00000576. The standard InChI is InChI=1S/C18H31N3O2S.HI/c1-6-19-18(21-16(4)10-11-24(5,22)23)20-13-15(3)17-9-7-8-14(2)12-17;/h7-9,12,15-16H,6,10-11,13H2,1-5H3,(H2,19,20,21);1H. The molecule has 1 aromatic carbocycles. The third-order valence-electron chi connectivity index (χ3n) is 3.78. The van der Waals surface area contributed by atoms with Gasteiger partial charge in [0.15, 0.2) is 5.96 Å².